The Kier molecular flexibility index (Phi) is 3.71. The van der Waals surface area contributed by atoms with Crippen LogP contribution in [-0.2, 0) is 4.74 Å². The Morgan fingerprint density at radius 1 is 1.69 bits per heavy atom. The maximum absolute atomic E-state index is 9.09. The van der Waals surface area contributed by atoms with Crippen LogP contribution in [0.25, 0.3) is 0 Å². The lowest BCUT2D eigenvalue weighted by molar-refractivity contribution is 0.0399. The van der Waals surface area contributed by atoms with Crippen molar-refractivity contribution in [3.05, 3.63) is 0 Å². The van der Waals surface area contributed by atoms with Crippen LogP contribution in [0.15, 0.2) is 0 Å². The quantitative estimate of drug-likeness (QED) is 0.718. The highest BCUT2D eigenvalue weighted by atomic mass is 16.5. The second-order valence-electron chi connectivity index (χ2n) is 3.80. The molecule has 0 aromatic heterocycles. The van der Waals surface area contributed by atoms with Crippen molar-refractivity contribution >= 4 is 0 Å². The zero-order valence-electron chi connectivity index (χ0n) is 8.47. The molecule has 0 saturated carbocycles. The van der Waals surface area contributed by atoms with Gasteiger partial charge < -0.3 is 4.74 Å². The normalized spacial score (nSPS) is 30.8. The van der Waals surface area contributed by atoms with E-state index < -0.39 is 5.54 Å². The van der Waals surface area contributed by atoms with Gasteiger partial charge in [-0.1, -0.05) is 6.92 Å². The SMILES string of the molecule is CCC(C)NC1(C#N)CCCOC1. The van der Waals surface area contributed by atoms with Crippen molar-refractivity contribution in [1.82, 2.24) is 5.32 Å². The van der Waals surface area contributed by atoms with E-state index in [1.54, 1.807) is 0 Å². The molecule has 1 aliphatic rings. The summed E-state index contributed by atoms with van der Waals surface area (Å²) in [5, 5.41) is 12.4. The van der Waals surface area contributed by atoms with Gasteiger partial charge >= 0.3 is 0 Å². The number of nitrogens with one attached hydrogen (secondary N) is 1. The smallest absolute Gasteiger partial charge is 0.130 e. The highest BCUT2D eigenvalue weighted by Crippen LogP contribution is 2.19. The molecule has 74 valence electrons. The van der Waals surface area contributed by atoms with Gasteiger partial charge in [0, 0.05) is 12.6 Å². The predicted octanol–water partition coefficient (Wildman–Crippen LogP) is 1.45. The molecule has 0 aromatic carbocycles. The van der Waals surface area contributed by atoms with Gasteiger partial charge in [0.15, 0.2) is 0 Å². The van der Waals surface area contributed by atoms with Crippen LogP contribution in [0.5, 0.6) is 0 Å². The van der Waals surface area contributed by atoms with Gasteiger partial charge in [-0.15, -0.1) is 0 Å². The zero-order chi connectivity index (χ0) is 9.73. The molecule has 3 nitrogen and oxygen atoms in total. The Hall–Kier alpha value is -0.590. The highest BCUT2D eigenvalue weighted by Gasteiger charge is 2.33. The van der Waals surface area contributed by atoms with E-state index in [0.29, 0.717) is 12.6 Å². The van der Waals surface area contributed by atoms with Crippen LogP contribution in [0.1, 0.15) is 33.1 Å². The van der Waals surface area contributed by atoms with Gasteiger partial charge in [0.05, 0.1) is 12.7 Å². The van der Waals surface area contributed by atoms with Crippen molar-refractivity contribution in [2.24, 2.45) is 0 Å². The average molecular weight is 182 g/mol. The van der Waals surface area contributed by atoms with E-state index in [1.165, 1.54) is 0 Å². The Balaban J connectivity index is 2.53. The van der Waals surface area contributed by atoms with Crippen molar-refractivity contribution in [2.75, 3.05) is 13.2 Å². The predicted molar refractivity (Wildman–Crippen MR) is 51.3 cm³/mol. The van der Waals surface area contributed by atoms with Gasteiger partial charge in [0.1, 0.15) is 5.54 Å². The Labute approximate surface area is 80.1 Å². The molecule has 0 bridgehead atoms. The monoisotopic (exact) mass is 182 g/mol. The number of hydrogen-bond donors (Lipinski definition) is 1. The molecule has 1 aliphatic heterocycles. The molecule has 1 N–H and O–H groups in total. The number of hydrogen-bond acceptors (Lipinski definition) is 3. The fraction of sp³-hybridized carbons (Fsp3) is 0.900. The third kappa shape index (κ3) is 2.68. The lowest BCUT2D eigenvalue weighted by Gasteiger charge is -2.33. The summed E-state index contributed by atoms with van der Waals surface area (Å²) in [6.45, 7) is 5.56. The summed E-state index contributed by atoms with van der Waals surface area (Å²) in [4.78, 5) is 0. The third-order valence-corrected chi connectivity index (χ3v) is 2.59. The van der Waals surface area contributed by atoms with Gasteiger partial charge in [0.25, 0.3) is 0 Å². The first-order chi connectivity index (χ1) is 6.22. The van der Waals surface area contributed by atoms with Gasteiger partial charge in [-0.25, -0.2) is 0 Å². The molecule has 0 spiro atoms. The van der Waals surface area contributed by atoms with Crippen molar-refractivity contribution in [3.63, 3.8) is 0 Å². The third-order valence-electron chi connectivity index (χ3n) is 2.59. The fourth-order valence-corrected chi connectivity index (χ4v) is 1.60. The van der Waals surface area contributed by atoms with E-state index in [-0.39, 0.29) is 0 Å². The molecule has 13 heavy (non-hydrogen) atoms. The summed E-state index contributed by atoms with van der Waals surface area (Å²) in [6, 6.07) is 2.74. The maximum atomic E-state index is 9.09. The summed E-state index contributed by atoms with van der Waals surface area (Å²) < 4.78 is 5.34. The van der Waals surface area contributed by atoms with E-state index in [2.05, 4.69) is 25.2 Å². The molecule has 0 radical (unpaired) electrons. The van der Waals surface area contributed by atoms with E-state index in [1.807, 2.05) is 0 Å². The van der Waals surface area contributed by atoms with Crippen LogP contribution in [0.4, 0.5) is 0 Å². The molecule has 1 saturated heterocycles. The Bertz CT molecular complexity index is 192. The molecular formula is C10H18N2O. The van der Waals surface area contributed by atoms with Gasteiger partial charge in [0.2, 0.25) is 0 Å². The van der Waals surface area contributed by atoms with Crippen LogP contribution in [0, 0.1) is 11.3 Å². The number of nitriles is 1. The summed E-state index contributed by atoms with van der Waals surface area (Å²) in [7, 11) is 0. The summed E-state index contributed by atoms with van der Waals surface area (Å²) in [5.74, 6) is 0. The zero-order valence-corrected chi connectivity index (χ0v) is 8.47. The molecule has 1 rings (SSSR count). The summed E-state index contributed by atoms with van der Waals surface area (Å²) in [5.41, 5.74) is -0.423. The lowest BCUT2D eigenvalue weighted by Crippen LogP contribution is -2.53. The van der Waals surface area contributed by atoms with Crippen molar-refractivity contribution in [3.8, 4) is 6.07 Å². The van der Waals surface area contributed by atoms with Gasteiger partial charge in [-0.2, -0.15) is 5.26 Å². The molecule has 2 unspecified atom stereocenters. The van der Waals surface area contributed by atoms with Crippen LogP contribution in [0.2, 0.25) is 0 Å². The number of nitrogens with zero attached hydrogens (tertiary/aromatic N) is 1. The topological polar surface area (TPSA) is 45.0 Å². The standard InChI is InChI=1S/C10H18N2O/c1-3-9(2)12-10(7-11)5-4-6-13-8-10/h9,12H,3-6,8H2,1-2H3. The van der Waals surface area contributed by atoms with E-state index >= 15 is 0 Å². The Morgan fingerprint density at radius 3 is 2.92 bits per heavy atom. The number of ether oxygens (including phenoxy) is 1. The molecule has 0 amide bonds. The van der Waals surface area contributed by atoms with Crippen LogP contribution in [0.3, 0.4) is 0 Å². The first kappa shape index (κ1) is 10.5. The summed E-state index contributed by atoms with van der Waals surface area (Å²) >= 11 is 0. The van der Waals surface area contributed by atoms with Crippen molar-refractivity contribution < 1.29 is 4.74 Å². The molecule has 1 fully saturated rings. The fourth-order valence-electron chi connectivity index (χ4n) is 1.60. The van der Waals surface area contributed by atoms with Crippen LogP contribution in [-0.4, -0.2) is 24.8 Å². The van der Waals surface area contributed by atoms with Crippen molar-refractivity contribution in [1.29, 1.82) is 5.26 Å². The molecule has 3 heteroatoms. The Morgan fingerprint density at radius 2 is 2.46 bits per heavy atom. The second kappa shape index (κ2) is 4.59. The van der Waals surface area contributed by atoms with E-state index in [9.17, 15) is 0 Å². The molecule has 0 aliphatic carbocycles. The van der Waals surface area contributed by atoms with Gasteiger partial charge in [-0.3, -0.25) is 5.32 Å². The molecular weight excluding hydrogens is 164 g/mol. The minimum Gasteiger partial charge on any atom is -0.378 e. The van der Waals surface area contributed by atoms with E-state index in [0.717, 1.165) is 25.9 Å². The minimum absolute atomic E-state index is 0.390. The minimum atomic E-state index is -0.423. The largest absolute Gasteiger partial charge is 0.378 e. The highest BCUT2D eigenvalue weighted by molar-refractivity contribution is 5.09. The lowest BCUT2D eigenvalue weighted by atomic mass is 9.93. The number of rotatable bonds is 3. The maximum Gasteiger partial charge on any atom is 0.130 e. The molecule has 0 aromatic rings. The van der Waals surface area contributed by atoms with Gasteiger partial charge in [-0.05, 0) is 26.2 Å². The van der Waals surface area contributed by atoms with Crippen LogP contribution < -0.4 is 5.32 Å². The molecule has 1 heterocycles. The summed E-state index contributed by atoms with van der Waals surface area (Å²) in [6.07, 6.45) is 2.94. The van der Waals surface area contributed by atoms with E-state index in [4.69, 9.17) is 10.00 Å². The molecule has 2 atom stereocenters. The first-order valence-corrected chi connectivity index (χ1v) is 4.99. The first-order valence-electron chi connectivity index (χ1n) is 4.99. The second-order valence-corrected chi connectivity index (χ2v) is 3.80. The van der Waals surface area contributed by atoms with Crippen molar-refractivity contribution in [2.45, 2.75) is 44.7 Å². The van der Waals surface area contributed by atoms with Crippen LogP contribution >= 0.6 is 0 Å². The average Bonchev–Trinajstić information content (AvgIpc) is 2.19.